The maximum atomic E-state index is 11.4. The standard InChI is InChI=1S/C25H21N3O3/c1-15-6-8-23-19(10-15)21(12-26-23)25(18-5-3-2-4-16(18)14-29)22-13-27-24-9-7-17(28(30)31)11-20(22)24/h2-13,25-27,29H,14H2,1H3. The van der Waals surface area contributed by atoms with Crippen molar-refractivity contribution in [1.29, 1.82) is 0 Å². The molecule has 2 heterocycles. The highest BCUT2D eigenvalue weighted by molar-refractivity contribution is 5.90. The molecule has 31 heavy (non-hydrogen) atoms. The Labute approximate surface area is 178 Å². The third-order valence-electron chi connectivity index (χ3n) is 5.94. The number of H-pyrrole nitrogens is 2. The third kappa shape index (κ3) is 3.17. The summed E-state index contributed by atoms with van der Waals surface area (Å²) in [5.41, 5.74) is 6.86. The molecule has 154 valence electrons. The molecule has 0 radical (unpaired) electrons. The average Bonchev–Trinajstić information content (AvgIpc) is 3.38. The van der Waals surface area contributed by atoms with E-state index < -0.39 is 0 Å². The van der Waals surface area contributed by atoms with E-state index in [1.807, 2.05) is 36.7 Å². The van der Waals surface area contributed by atoms with Gasteiger partial charge in [-0.1, -0.05) is 35.9 Å². The van der Waals surface area contributed by atoms with Crippen molar-refractivity contribution in [1.82, 2.24) is 9.97 Å². The van der Waals surface area contributed by atoms with Gasteiger partial charge >= 0.3 is 0 Å². The molecule has 0 saturated heterocycles. The Kier molecular flexibility index (Phi) is 4.56. The molecule has 6 heteroatoms. The van der Waals surface area contributed by atoms with Crippen molar-refractivity contribution < 1.29 is 10.0 Å². The molecule has 5 rings (SSSR count). The zero-order valence-electron chi connectivity index (χ0n) is 16.9. The predicted octanol–water partition coefficient (Wildman–Crippen LogP) is 5.54. The lowest BCUT2D eigenvalue weighted by molar-refractivity contribution is -0.384. The van der Waals surface area contributed by atoms with Gasteiger partial charge < -0.3 is 15.1 Å². The van der Waals surface area contributed by atoms with Crippen LogP contribution in [0.1, 0.15) is 33.7 Å². The van der Waals surface area contributed by atoms with Crippen LogP contribution in [-0.4, -0.2) is 20.0 Å². The van der Waals surface area contributed by atoms with Crippen molar-refractivity contribution in [2.24, 2.45) is 0 Å². The Hall–Kier alpha value is -3.90. The maximum Gasteiger partial charge on any atom is 0.270 e. The van der Waals surface area contributed by atoms with Gasteiger partial charge in [0.2, 0.25) is 0 Å². The Morgan fingerprint density at radius 2 is 1.55 bits per heavy atom. The summed E-state index contributed by atoms with van der Waals surface area (Å²) >= 11 is 0. The lowest BCUT2D eigenvalue weighted by Crippen LogP contribution is -2.06. The number of fused-ring (bicyclic) bond motifs is 2. The number of hydrogen-bond donors (Lipinski definition) is 3. The van der Waals surface area contributed by atoms with Crippen LogP contribution in [0.3, 0.4) is 0 Å². The van der Waals surface area contributed by atoms with Gasteiger partial charge in [0.05, 0.1) is 11.5 Å². The van der Waals surface area contributed by atoms with Gasteiger partial charge in [-0.05, 0) is 47.4 Å². The van der Waals surface area contributed by atoms with Gasteiger partial charge in [-0.3, -0.25) is 10.1 Å². The largest absolute Gasteiger partial charge is 0.392 e. The Morgan fingerprint density at radius 3 is 2.23 bits per heavy atom. The highest BCUT2D eigenvalue weighted by Crippen LogP contribution is 2.41. The molecule has 0 aliphatic heterocycles. The smallest absolute Gasteiger partial charge is 0.270 e. The predicted molar refractivity (Wildman–Crippen MR) is 121 cm³/mol. The highest BCUT2D eigenvalue weighted by Gasteiger charge is 2.26. The first-order chi connectivity index (χ1) is 15.1. The first-order valence-electron chi connectivity index (χ1n) is 10.1. The quantitative estimate of drug-likeness (QED) is 0.262. The lowest BCUT2D eigenvalue weighted by atomic mass is 9.82. The second-order valence-corrected chi connectivity index (χ2v) is 7.81. The van der Waals surface area contributed by atoms with Crippen molar-refractivity contribution in [3.63, 3.8) is 0 Å². The fourth-order valence-corrected chi connectivity index (χ4v) is 4.44. The maximum absolute atomic E-state index is 11.4. The zero-order valence-corrected chi connectivity index (χ0v) is 16.9. The van der Waals surface area contributed by atoms with Crippen LogP contribution in [0, 0.1) is 17.0 Å². The number of hydrogen-bond acceptors (Lipinski definition) is 3. The Bertz CT molecular complexity index is 1430. The second-order valence-electron chi connectivity index (χ2n) is 7.81. The van der Waals surface area contributed by atoms with Crippen LogP contribution in [0.5, 0.6) is 0 Å². The van der Waals surface area contributed by atoms with Crippen LogP contribution in [0.4, 0.5) is 5.69 Å². The minimum atomic E-state index is -0.373. The van der Waals surface area contributed by atoms with Crippen LogP contribution in [0.25, 0.3) is 21.8 Å². The number of aryl methyl sites for hydroxylation is 1. The van der Waals surface area contributed by atoms with E-state index in [9.17, 15) is 15.2 Å². The van der Waals surface area contributed by atoms with Gasteiger partial charge in [0.25, 0.3) is 5.69 Å². The summed E-state index contributed by atoms with van der Waals surface area (Å²) in [6.45, 7) is 1.97. The van der Waals surface area contributed by atoms with Crippen LogP contribution >= 0.6 is 0 Å². The second kappa shape index (κ2) is 7.41. The summed E-state index contributed by atoms with van der Waals surface area (Å²) in [6, 6.07) is 18.9. The number of non-ortho nitro benzene ring substituents is 1. The highest BCUT2D eigenvalue weighted by atomic mass is 16.6. The number of nitro benzene ring substituents is 1. The number of nitro groups is 1. The number of aliphatic hydroxyl groups is 1. The van der Waals surface area contributed by atoms with Crippen molar-refractivity contribution >= 4 is 27.5 Å². The molecule has 3 N–H and O–H groups in total. The Balaban J connectivity index is 1.83. The molecule has 2 aromatic heterocycles. The van der Waals surface area contributed by atoms with E-state index >= 15 is 0 Å². The molecule has 0 saturated carbocycles. The monoisotopic (exact) mass is 411 g/mol. The molecule has 0 bridgehead atoms. The average molecular weight is 411 g/mol. The number of aliphatic hydroxyl groups excluding tert-OH is 1. The van der Waals surface area contributed by atoms with E-state index in [0.29, 0.717) is 0 Å². The molecule has 6 nitrogen and oxygen atoms in total. The Morgan fingerprint density at radius 1 is 0.903 bits per heavy atom. The molecule has 1 unspecified atom stereocenters. The normalized spacial score (nSPS) is 12.5. The van der Waals surface area contributed by atoms with E-state index in [1.165, 1.54) is 6.07 Å². The fraction of sp³-hybridized carbons (Fsp3) is 0.120. The summed E-state index contributed by atoms with van der Waals surface area (Å²) in [7, 11) is 0. The molecular weight excluding hydrogens is 390 g/mol. The SMILES string of the molecule is Cc1ccc2[nH]cc(C(c3ccccc3CO)c3c[nH]c4ccc([N+](=O)[O-])cc34)c2c1. The molecular formula is C25H21N3O3. The van der Waals surface area contributed by atoms with Crippen molar-refractivity contribution in [3.05, 3.63) is 111 Å². The van der Waals surface area contributed by atoms with Crippen LogP contribution < -0.4 is 0 Å². The van der Waals surface area contributed by atoms with E-state index in [1.54, 1.807) is 12.1 Å². The third-order valence-corrected chi connectivity index (χ3v) is 5.94. The number of nitrogens with zero attached hydrogens (tertiary/aromatic N) is 1. The molecule has 0 aliphatic carbocycles. The molecule has 1 atom stereocenters. The fourth-order valence-electron chi connectivity index (χ4n) is 4.44. The summed E-state index contributed by atoms with van der Waals surface area (Å²) in [5.74, 6) is -0.213. The number of rotatable bonds is 5. The van der Waals surface area contributed by atoms with Crippen LogP contribution in [-0.2, 0) is 6.61 Å². The summed E-state index contributed by atoms with van der Waals surface area (Å²) in [5, 5.41) is 23.4. The minimum absolute atomic E-state index is 0.0531. The lowest BCUT2D eigenvalue weighted by Gasteiger charge is -2.20. The van der Waals surface area contributed by atoms with Crippen molar-refractivity contribution in [2.45, 2.75) is 19.4 Å². The number of benzene rings is 3. The number of nitrogens with one attached hydrogen (secondary N) is 2. The summed E-state index contributed by atoms with van der Waals surface area (Å²) in [4.78, 5) is 17.7. The van der Waals surface area contributed by atoms with Gasteiger partial charge in [-0.2, -0.15) is 0 Å². The van der Waals surface area contributed by atoms with E-state index in [-0.39, 0.29) is 23.1 Å². The van der Waals surface area contributed by atoms with Gasteiger partial charge in [-0.25, -0.2) is 0 Å². The van der Waals surface area contributed by atoms with Crippen molar-refractivity contribution in [2.75, 3.05) is 0 Å². The van der Waals surface area contributed by atoms with Gasteiger partial charge in [0.1, 0.15) is 0 Å². The molecule has 0 amide bonds. The minimum Gasteiger partial charge on any atom is -0.392 e. The molecule has 0 aliphatic rings. The van der Waals surface area contributed by atoms with Gasteiger partial charge in [0, 0.05) is 52.3 Å². The molecule has 3 aromatic carbocycles. The van der Waals surface area contributed by atoms with E-state index in [2.05, 4.69) is 35.1 Å². The summed E-state index contributed by atoms with van der Waals surface area (Å²) < 4.78 is 0. The number of aromatic amines is 2. The summed E-state index contributed by atoms with van der Waals surface area (Å²) in [6.07, 6.45) is 3.92. The van der Waals surface area contributed by atoms with Crippen LogP contribution in [0.15, 0.2) is 73.1 Å². The van der Waals surface area contributed by atoms with Gasteiger partial charge in [-0.15, -0.1) is 0 Å². The van der Waals surface area contributed by atoms with E-state index in [0.717, 1.165) is 49.6 Å². The molecule has 0 fully saturated rings. The zero-order chi connectivity index (χ0) is 21.5. The topological polar surface area (TPSA) is 94.9 Å². The van der Waals surface area contributed by atoms with Gasteiger partial charge in [0.15, 0.2) is 0 Å². The van der Waals surface area contributed by atoms with Crippen LogP contribution in [0.2, 0.25) is 0 Å². The first-order valence-corrected chi connectivity index (χ1v) is 10.1. The van der Waals surface area contributed by atoms with Crippen molar-refractivity contribution in [3.8, 4) is 0 Å². The molecule has 5 aromatic rings. The van der Waals surface area contributed by atoms with E-state index in [4.69, 9.17) is 0 Å². The first kappa shape index (κ1) is 19.1. The number of aromatic nitrogens is 2. The molecule has 0 spiro atoms.